The van der Waals surface area contributed by atoms with E-state index in [1.54, 1.807) is 7.11 Å². The first-order chi connectivity index (χ1) is 12.2. The Hall–Kier alpha value is -3.30. The Bertz CT molecular complexity index is 1030. The summed E-state index contributed by atoms with van der Waals surface area (Å²) in [7, 11) is 1.61. The molecule has 4 rings (SSSR count). The molecular weight excluding hydrogens is 316 g/mol. The van der Waals surface area contributed by atoms with E-state index in [1.165, 1.54) is 0 Å². The fraction of sp³-hybridized carbons (Fsp3) is 0.158. The summed E-state index contributed by atoms with van der Waals surface area (Å²) in [6.45, 7) is 0.342. The van der Waals surface area contributed by atoms with Crippen molar-refractivity contribution in [2.75, 3.05) is 7.11 Å². The predicted octanol–water partition coefficient (Wildman–Crippen LogP) is 2.93. The van der Waals surface area contributed by atoms with Crippen molar-refractivity contribution in [2.45, 2.75) is 12.5 Å². The first-order valence-electron chi connectivity index (χ1n) is 7.85. The van der Waals surface area contributed by atoms with E-state index in [4.69, 9.17) is 15.2 Å². The van der Waals surface area contributed by atoms with Crippen LogP contribution in [0.3, 0.4) is 0 Å². The maximum atomic E-state index is 9.66. The summed E-state index contributed by atoms with van der Waals surface area (Å²) < 4.78 is 10.8. The Kier molecular flexibility index (Phi) is 3.64. The van der Waals surface area contributed by atoms with Crippen LogP contribution in [0, 0.1) is 11.3 Å². The van der Waals surface area contributed by atoms with Crippen LogP contribution in [0.25, 0.3) is 10.8 Å². The Morgan fingerprint density at radius 1 is 1.28 bits per heavy atom. The molecule has 2 heterocycles. The number of hydrogen-bond donors (Lipinski definition) is 2. The molecule has 2 aromatic carbocycles. The Labute approximate surface area is 144 Å². The van der Waals surface area contributed by atoms with E-state index < -0.39 is 0 Å². The summed E-state index contributed by atoms with van der Waals surface area (Å²) in [6, 6.07) is 16.4. The fourth-order valence-corrected chi connectivity index (χ4v) is 3.28. The lowest BCUT2D eigenvalue weighted by molar-refractivity contribution is 0.180. The summed E-state index contributed by atoms with van der Waals surface area (Å²) in [5.74, 6) is 0.132. The molecule has 3 N–H and O–H groups in total. The van der Waals surface area contributed by atoms with Gasteiger partial charge in [0.2, 0.25) is 11.8 Å². The smallest absolute Gasteiger partial charge is 0.244 e. The van der Waals surface area contributed by atoms with Crippen LogP contribution in [0.4, 0.5) is 0 Å². The number of nitrogens with two attached hydrogens (primary N) is 1. The molecule has 3 aromatic rings. The monoisotopic (exact) mass is 332 g/mol. The van der Waals surface area contributed by atoms with Crippen LogP contribution in [-0.2, 0) is 11.3 Å². The molecule has 0 spiro atoms. The summed E-state index contributed by atoms with van der Waals surface area (Å²) in [4.78, 5) is 0. The minimum absolute atomic E-state index is 0.0867. The lowest BCUT2D eigenvalue weighted by Gasteiger charge is -2.24. The fourth-order valence-electron chi connectivity index (χ4n) is 3.28. The van der Waals surface area contributed by atoms with Gasteiger partial charge in [-0.2, -0.15) is 5.26 Å². The van der Waals surface area contributed by atoms with Crippen LogP contribution in [0.2, 0.25) is 0 Å². The lowest BCUT2D eigenvalue weighted by atomic mass is 9.83. The molecule has 0 saturated carbocycles. The number of aromatic nitrogens is 2. The largest absolute Gasteiger partial charge is 0.420 e. The number of nitriles is 1. The maximum Gasteiger partial charge on any atom is 0.244 e. The number of ether oxygens (including phenoxy) is 2. The van der Waals surface area contributed by atoms with Gasteiger partial charge in [-0.25, -0.2) is 0 Å². The molecule has 0 radical (unpaired) electrons. The van der Waals surface area contributed by atoms with Gasteiger partial charge in [-0.15, -0.1) is 5.10 Å². The van der Waals surface area contributed by atoms with Gasteiger partial charge in [0, 0.05) is 7.11 Å². The third-order valence-corrected chi connectivity index (χ3v) is 4.41. The second-order valence-electron chi connectivity index (χ2n) is 5.89. The van der Waals surface area contributed by atoms with Gasteiger partial charge >= 0.3 is 0 Å². The third kappa shape index (κ3) is 2.42. The molecule has 0 bridgehead atoms. The van der Waals surface area contributed by atoms with Crippen molar-refractivity contribution in [1.82, 2.24) is 10.2 Å². The van der Waals surface area contributed by atoms with Gasteiger partial charge in [0.15, 0.2) is 0 Å². The van der Waals surface area contributed by atoms with Crippen LogP contribution >= 0.6 is 0 Å². The minimum Gasteiger partial charge on any atom is -0.420 e. The van der Waals surface area contributed by atoms with Crippen LogP contribution in [0.1, 0.15) is 22.7 Å². The van der Waals surface area contributed by atoms with E-state index in [9.17, 15) is 5.26 Å². The number of H-pyrrole nitrogens is 1. The highest BCUT2D eigenvalue weighted by Gasteiger charge is 2.35. The molecule has 25 heavy (non-hydrogen) atoms. The zero-order chi connectivity index (χ0) is 17.4. The zero-order valence-corrected chi connectivity index (χ0v) is 13.6. The molecule has 124 valence electrons. The van der Waals surface area contributed by atoms with Crippen molar-refractivity contribution in [2.24, 2.45) is 5.73 Å². The molecule has 0 fully saturated rings. The standard InChI is InChI=1S/C19H16N4O2/c1-24-10-15-17-16(14(9-20)18(21)25-19(17)23-22-15)13-7-6-11-4-2-3-5-12(11)8-13/h2-8,16H,10,21H2,1H3,(H,22,23)/t16-/m0/s1. The first-order valence-corrected chi connectivity index (χ1v) is 7.85. The van der Waals surface area contributed by atoms with Gasteiger partial charge in [-0.1, -0.05) is 42.5 Å². The third-order valence-electron chi connectivity index (χ3n) is 4.41. The average Bonchev–Trinajstić information content (AvgIpc) is 3.02. The number of nitrogens with zero attached hydrogens (tertiary/aromatic N) is 2. The molecule has 1 atom stereocenters. The Balaban J connectivity index is 1.94. The highest BCUT2D eigenvalue weighted by Crippen LogP contribution is 2.43. The molecule has 1 aromatic heterocycles. The Morgan fingerprint density at radius 2 is 2.08 bits per heavy atom. The van der Waals surface area contributed by atoms with Crippen LogP contribution in [0.5, 0.6) is 5.88 Å². The SMILES string of the molecule is COCc1[nH]nc2c1[C@@H](c1ccc3ccccc3c1)C(C#N)=C(N)O2. The van der Waals surface area contributed by atoms with E-state index in [-0.39, 0.29) is 11.8 Å². The van der Waals surface area contributed by atoms with Gasteiger partial charge < -0.3 is 15.2 Å². The molecule has 0 unspecified atom stereocenters. The molecular formula is C19H16N4O2. The van der Waals surface area contributed by atoms with Crippen LogP contribution in [0.15, 0.2) is 53.9 Å². The number of fused-ring (bicyclic) bond motifs is 2. The van der Waals surface area contributed by atoms with Gasteiger partial charge in [0.25, 0.3) is 0 Å². The van der Waals surface area contributed by atoms with Crippen molar-refractivity contribution in [3.8, 4) is 11.9 Å². The van der Waals surface area contributed by atoms with E-state index in [0.717, 1.165) is 27.6 Å². The number of allylic oxidation sites excluding steroid dienone is 1. The summed E-state index contributed by atoms with van der Waals surface area (Å²) in [5.41, 5.74) is 8.88. The topological polar surface area (TPSA) is 97.0 Å². The predicted molar refractivity (Wildman–Crippen MR) is 92.5 cm³/mol. The van der Waals surface area contributed by atoms with Crippen molar-refractivity contribution >= 4 is 10.8 Å². The maximum absolute atomic E-state index is 9.66. The molecule has 0 amide bonds. The second-order valence-corrected chi connectivity index (χ2v) is 5.89. The van der Waals surface area contributed by atoms with Gasteiger partial charge in [-0.3, -0.25) is 5.10 Å². The van der Waals surface area contributed by atoms with Crippen LogP contribution in [-0.4, -0.2) is 17.3 Å². The average molecular weight is 332 g/mol. The molecule has 0 aliphatic carbocycles. The van der Waals surface area contributed by atoms with Gasteiger partial charge in [-0.05, 0) is 16.3 Å². The number of benzene rings is 2. The normalized spacial score (nSPS) is 16.4. The number of rotatable bonds is 3. The highest BCUT2D eigenvalue weighted by molar-refractivity contribution is 5.83. The minimum atomic E-state index is -0.345. The van der Waals surface area contributed by atoms with E-state index >= 15 is 0 Å². The summed E-state index contributed by atoms with van der Waals surface area (Å²) in [6.07, 6.45) is 0. The van der Waals surface area contributed by atoms with Crippen molar-refractivity contribution in [3.05, 3.63) is 70.7 Å². The molecule has 6 heteroatoms. The summed E-state index contributed by atoms with van der Waals surface area (Å²) >= 11 is 0. The van der Waals surface area contributed by atoms with Gasteiger partial charge in [0.05, 0.1) is 23.8 Å². The van der Waals surface area contributed by atoms with E-state index in [1.807, 2.05) is 30.3 Å². The first kappa shape index (κ1) is 15.2. The van der Waals surface area contributed by atoms with Crippen molar-refractivity contribution in [3.63, 3.8) is 0 Å². The molecule has 6 nitrogen and oxygen atoms in total. The molecule has 1 aliphatic rings. The van der Waals surface area contributed by atoms with Gasteiger partial charge in [0.1, 0.15) is 11.6 Å². The van der Waals surface area contributed by atoms with E-state index in [2.05, 4.69) is 28.4 Å². The zero-order valence-electron chi connectivity index (χ0n) is 13.6. The molecule has 1 aliphatic heterocycles. The second kappa shape index (κ2) is 5.96. The quantitative estimate of drug-likeness (QED) is 0.768. The van der Waals surface area contributed by atoms with Crippen molar-refractivity contribution < 1.29 is 9.47 Å². The number of methoxy groups -OCH3 is 1. The highest BCUT2D eigenvalue weighted by atomic mass is 16.5. The molecule has 0 saturated heterocycles. The number of aromatic amines is 1. The van der Waals surface area contributed by atoms with Crippen LogP contribution < -0.4 is 10.5 Å². The number of hydrogen-bond acceptors (Lipinski definition) is 5. The lowest BCUT2D eigenvalue weighted by Crippen LogP contribution is -2.21. The van der Waals surface area contributed by atoms with Crippen molar-refractivity contribution in [1.29, 1.82) is 5.26 Å². The van der Waals surface area contributed by atoms with E-state index in [0.29, 0.717) is 18.1 Å². The summed E-state index contributed by atoms with van der Waals surface area (Å²) in [5, 5.41) is 19.0. The number of nitrogens with one attached hydrogen (secondary N) is 1. The Morgan fingerprint density at radius 3 is 2.84 bits per heavy atom.